The first kappa shape index (κ1) is 11.2. The summed E-state index contributed by atoms with van der Waals surface area (Å²) in [5, 5.41) is 1.31. The molecule has 0 fully saturated rings. The van der Waals surface area contributed by atoms with Gasteiger partial charge in [0.15, 0.2) is 0 Å². The van der Waals surface area contributed by atoms with Gasteiger partial charge in [0.1, 0.15) is 5.65 Å². The Kier molecular flexibility index (Phi) is 2.99. The van der Waals surface area contributed by atoms with E-state index in [1.165, 1.54) is 16.6 Å². The van der Waals surface area contributed by atoms with Crippen LogP contribution in [-0.2, 0) is 13.0 Å². The number of pyridine rings is 1. The first-order chi connectivity index (χ1) is 7.67. The molecule has 0 atom stereocenters. The summed E-state index contributed by atoms with van der Waals surface area (Å²) in [6.45, 7) is 9.81. The van der Waals surface area contributed by atoms with Crippen molar-refractivity contribution >= 4 is 11.0 Å². The maximum absolute atomic E-state index is 4.73. The van der Waals surface area contributed by atoms with Crippen LogP contribution in [-0.4, -0.2) is 9.55 Å². The third-order valence-corrected chi connectivity index (χ3v) is 3.14. The molecular formula is C14H20N2. The Hall–Kier alpha value is -1.31. The third kappa shape index (κ3) is 1.73. The highest BCUT2D eigenvalue weighted by atomic mass is 15.0. The quantitative estimate of drug-likeness (QED) is 0.764. The molecule has 0 radical (unpaired) electrons. The molecule has 0 saturated carbocycles. The highest BCUT2D eigenvalue weighted by Crippen LogP contribution is 2.26. The topological polar surface area (TPSA) is 17.8 Å². The number of nitrogens with zero attached hydrogens (tertiary/aromatic N) is 2. The monoisotopic (exact) mass is 216 g/mol. The number of hydrogen-bond donors (Lipinski definition) is 0. The van der Waals surface area contributed by atoms with E-state index in [0.29, 0.717) is 5.92 Å². The lowest BCUT2D eigenvalue weighted by molar-refractivity contribution is 0.782. The largest absolute Gasteiger partial charge is 0.333 e. The predicted octanol–water partition coefficient (Wildman–Crippen LogP) is 3.74. The van der Waals surface area contributed by atoms with Gasteiger partial charge in [-0.15, -0.1) is 0 Å². The van der Waals surface area contributed by atoms with Gasteiger partial charge >= 0.3 is 0 Å². The van der Waals surface area contributed by atoms with Crippen LogP contribution in [0, 0.1) is 0 Å². The number of fused-ring (bicyclic) bond motifs is 1. The fraction of sp³-hybridized carbons (Fsp3) is 0.500. The lowest BCUT2D eigenvalue weighted by Crippen LogP contribution is -1.99. The summed E-state index contributed by atoms with van der Waals surface area (Å²) in [6.07, 6.45) is 3.15. The molecule has 0 aliphatic carbocycles. The summed E-state index contributed by atoms with van der Waals surface area (Å²) in [6, 6.07) is 4.45. The Bertz CT molecular complexity index is 495. The normalized spacial score (nSPS) is 11.6. The second-order valence-electron chi connectivity index (χ2n) is 4.55. The molecule has 0 unspecified atom stereocenters. The van der Waals surface area contributed by atoms with Gasteiger partial charge in [-0.3, -0.25) is 0 Å². The van der Waals surface area contributed by atoms with Crippen LogP contribution < -0.4 is 0 Å². The molecule has 0 aromatic carbocycles. The molecule has 16 heavy (non-hydrogen) atoms. The minimum atomic E-state index is 0.559. The van der Waals surface area contributed by atoms with Gasteiger partial charge in [-0.05, 0) is 37.0 Å². The van der Waals surface area contributed by atoms with Crippen molar-refractivity contribution in [3.05, 3.63) is 29.6 Å². The van der Waals surface area contributed by atoms with Crippen LogP contribution in [0.5, 0.6) is 0 Å². The molecule has 2 aromatic heterocycles. The van der Waals surface area contributed by atoms with Gasteiger partial charge in [0, 0.05) is 23.8 Å². The van der Waals surface area contributed by atoms with E-state index in [2.05, 4.69) is 50.6 Å². The van der Waals surface area contributed by atoms with E-state index < -0.39 is 0 Å². The molecule has 2 heteroatoms. The third-order valence-electron chi connectivity index (χ3n) is 3.14. The van der Waals surface area contributed by atoms with Crippen molar-refractivity contribution in [3.8, 4) is 0 Å². The molecular weight excluding hydrogens is 196 g/mol. The summed E-state index contributed by atoms with van der Waals surface area (Å²) >= 11 is 0. The molecule has 2 rings (SSSR count). The van der Waals surface area contributed by atoms with Crippen molar-refractivity contribution < 1.29 is 0 Å². The van der Waals surface area contributed by atoms with Crippen LogP contribution in [0.3, 0.4) is 0 Å². The van der Waals surface area contributed by atoms with Crippen molar-refractivity contribution in [2.45, 2.75) is 46.6 Å². The van der Waals surface area contributed by atoms with Crippen LogP contribution in [0.25, 0.3) is 11.0 Å². The fourth-order valence-electron chi connectivity index (χ4n) is 2.15. The van der Waals surface area contributed by atoms with E-state index in [9.17, 15) is 0 Å². The lowest BCUT2D eigenvalue weighted by atomic mass is 10.00. The zero-order valence-corrected chi connectivity index (χ0v) is 10.6. The Labute approximate surface area is 97.3 Å². The maximum atomic E-state index is 4.73. The molecule has 0 amide bonds. The van der Waals surface area contributed by atoms with Gasteiger partial charge in [-0.25, -0.2) is 4.98 Å². The van der Waals surface area contributed by atoms with Crippen molar-refractivity contribution in [1.82, 2.24) is 9.55 Å². The SMILES string of the molecule is CCc1cc(C(C)C)c2ccn(CC)c2n1. The minimum absolute atomic E-state index is 0.559. The predicted molar refractivity (Wildman–Crippen MR) is 68.9 cm³/mol. The zero-order valence-electron chi connectivity index (χ0n) is 10.6. The number of aryl methyl sites for hydroxylation is 2. The molecule has 2 aromatic rings. The van der Waals surface area contributed by atoms with Crippen molar-refractivity contribution in [2.75, 3.05) is 0 Å². The summed E-state index contributed by atoms with van der Waals surface area (Å²) in [5.41, 5.74) is 3.77. The zero-order chi connectivity index (χ0) is 11.7. The highest BCUT2D eigenvalue weighted by Gasteiger charge is 2.11. The van der Waals surface area contributed by atoms with Crippen molar-refractivity contribution in [3.63, 3.8) is 0 Å². The Morgan fingerprint density at radius 2 is 2.06 bits per heavy atom. The van der Waals surface area contributed by atoms with E-state index in [4.69, 9.17) is 4.98 Å². The van der Waals surface area contributed by atoms with E-state index in [-0.39, 0.29) is 0 Å². The standard InChI is InChI=1S/C14H20N2/c1-5-11-9-13(10(3)4)12-7-8-16(6-2)14(12)15-11/h7-10H,5-6H2,1-4H3. The summed E-state index contributed by atoms with van der Waals surface area (Å²) in [4.78, 5) is 4.73. The minimum Gasteiger partial charge on any atom is -0.333 e. The average Bonchev–Trinajstić information content (AvgIpc) is 2.69. The number of rotatable bonds is 3. The smallest absolute Gasteiger partial charge is 0.140 e. The number of aromatic nitrogens is 2. The Balaban J connectivity index is 2.73. The lowest BCUT2D eigenvalue weighted by Gasteiger charge is -2.10. The molecule has 0 N–H and O–H groups in total. The van der Waals surface area contributed by atoms with E-state index >= 15 is 0 Å². The average molecular weight is 216 g/mol. The van der Waals surface area contributed by atoms with Crippen molar-refractivity contribution in [2.24, 2.45) is 0 Å². The van der Waals surface area contributed by atoms with E-state index in [1.807, 2.05) is 0 Å². The first-order valence-electron chi connectivity index (χ1n) is 6.16. The summed E-state index contributed by atoms with van der Waals surface area (Å²) < 4.78 is 2.22. The van der Waals surface area contributed by atoms with E-state index in [1.54, 1.807) is 0 Å². The second-order valence-corrected chi connectivity index (χ2v) is 4.55. The Morgan fingerprint density at radius 1 is 1.31 bits per heavy atom. The molecule has 0 aliphatic heterocycles. The van der Waals surface area contributed by atoms with Gasteiger partial charge in [-0.1, -0.05) is 20.8 Å². The van der Waals surface area contributed by atoms with Crippen LogP contribution in [0.15, 0.2) is 18.3 Å². The first-order valence-corrected chi connectivity index (χ1v) is 6.16. The van der Waals surface area contributed by atoms with Crippen LogP contribution in [0.1, 0.15) is 44.9 Å². The molecule has 2 nitrogen and oxygen atoms in total. The molecule has 0 saturated heterocycles. The number of hydrogen-bond acceptors (Lipinski definition) is 1. The molecule has 86 valence electrons. The van der Waals surface area contributed by atoms with Crippen LogP contribution in [0.4, 0.5) is 0 Å². The summed E-state index contributed by atoms with van der Waals surface area (Å²) in [5.74, 6) is 0.559. The van der Waals surface area contributed by atoms with Gasteiger partial charge in [-0.2, -0.15) is 0 Å². The highest BCUT2D eigenvalue weighted by molar-refractivity contribution is 5.81. The van der Waals surface area contributed by atoms with Gasteiger partial charge < -0.3 is 4.57 Å². The van der Waals surface area contributed by atoms with Gasteiger partial charge in [0.2, 0.25) is 0 Å². The summed E-state index contributed by atoms with van der Waals surface area (Å²) in [7, 11) is 0. The van der Waals surface area contributed by atoms with Crippen LogP contribution in [0.2, 0.25) is 0 Å². The molecule has 0 spiro atoms. The molecule has 0 bridgehead atoms. The van der Waals surface area contributed by atoms with E-state index in [0.717, 1.165) is 18.6 Å². The molecule has 0 aliphatic rings. The molecule has 2 heterocycles. The Morgan fingerprint density at radius 3 is 2.62 bits per heavy atom. The van der Waals surface area contributed by atoms with Gasteiger partial charge in [0.05, 0.1) is 0 Å². The van der Waals surface area contributed by atoms with Gasteiger partial charge in [0.25, 0.3) is 0 Å². The maximum Gasteiger partial charge on any atom is 0.140 e. The van der Waals surface area contributed by atoms with Crippen LogP contribution >= 0.6 is 0 Å². The second kappa shape index (κ2) is 4.28. The fourth-order valence-corrected chi connectivity index (χ4v) is 2.15. The van der Waals surface area contributed by atoms with Crippen molar-refractivity contribution in [1.29, 1.82) is 0 Å².